The number of nitrogens with two attached hydrogens (primary N) is 2. The highest BCUT2D eigenvalue weighted by atomic mass is 16.1. The van der Waals surface area contributed by atoms with E-state index in [9.17, 15) is 9.59 Å². The summed E-state index contributed by atoms with van der Waals surface area (Å²) in [5.74, 6) is -0.206. The number of para-hydroxylation sites is 1. The molecule has 4 heteroatoms. The van der Waals surface area contributed by atoms with Gasteiger partial charge in [-0.1, -0.05) is 12.1 Å². The van der Waals surface area contributed by atoms with Gasteiger partial charge >= 0.3 is 0 Å². The van der Waals surface area contributed by atoms with Crippen LogP contribution in [0.4, 0.5) is 5.69 Å². The maximum Gasteiger partial charge on any atom is 0.166 e. The fraction of sp³-hybridized carbons (Fsp3) is 0.200. The Morgan fingerprint density at radius 3 is 2.64 bits per heavy atom. The van der Waals surface area contributed by atoms with E-state index in [2.05, 4.69) is 0 Å². The van der Waals surface area contributed by atoms with Gasteiger partial charge in [-0.3, -0.25) is 4.79 Å². The lowest BCUT2D eigenvalue weighted by Crippen LogP contribution is -2.25. The predicted octanol–water partition coefficient (Wildman–Crippen LogP) is 0.368. The maximum absolute atomic E-state index is 11.5. The quantitative estimate of drug-likeness (QED) is 0.410. The fourth-order valence-corrected chi connectivity index (χ4v) is 1.12. The Kier molecular flexibility index (Phi) is 3.36. The molecule has 14 heavy (non-hydrogen) atoms. The van der Waals surface area contributed by atoms with Crippen LogP contribution in [0, 0.1) is 0 Å². The Morgan fingerprint density at radius 2 is 2.07 bits per heavy atom. The molecule has 0 spiro atoms. The molecule has 4 N–H and O–H groups in total. The van der Waals surface area contributed by atoms with Gasteiger partial charge in [0.1, 0.15) is 6.29 Å². The molecule has 74 valence electrons. The van der Waals surface area contributed by atoms with Crippen molar-refractivity contribution in [2.45, 2.75) is 12.5 Å². The lowest BCUT2D eigenvalue weighted by molar-refractivity contribution is -0.108. The van der Waals surface area contributed by atoms with Gasteiger partial charge in [-0.05, 0) is 12.1 Å². The minimum absolute atomic E-state index is 0.00227. The molecule has 1 rings (SSSR count). The predicted molar refractivity (Wildman–Crippen MR) is 53.8 cm³/mol. The van der Waals surface area contributed by atoms with Crippen molar-refractivity contribution < 1.29 is 9.59 Å². The molecule has 0 radical (unpaired) electrons. The number of anilines is 1. The molecule has 1 aromatic carbocycles. The molecule has 0 bridgehead atoms. The standard InChI is InChI=1S/C10H12N2O2/c11-7(6-13)5-10(14)8-3-1-2-4-9(8)12/h1-4,6-7H,5,11-12H2/t7-/m0/s1. The molecule has 0 aliphatic carbocycles. The first kappa shape index (κ1) is 10.4. The lowest BCUT2D eigenvalue weighted by atomic mass is 10.0. The number of carbonyl (C=O) groups excluding carboxylic acids is 2. The van der Waals surface area contributed by atoms with Gasteiger partial charge in [-0.25, -0.2) is 0 Å². The SMILES string of the molecule is Nc1ccccc1C(=O)C[C@H](N)C=O. The van der Waals surface area contributed by atoms with Crippen LogP contribution in [0.15, 0.2) is 24.3 Å². The summed E-state index contributed by atoms with van der Waals surface area (Å²) >= 11 is 0. The van der Waals surface area contributed by atoms with Crippen LogP contribution >= 0.6 is 0 Å². The van der Waals surface area contributed by atoms with Crippen LogP contribution in [0.3, 0.4) is 0 Å². The van der Waals surface area contributed by atoms with E-state index in [4.69, 9.17) is 11.5 Å². The molecule has 0 saturated heterocycles. The number of nitrogen functional groups attached to an aromatic ring is 1. The van der Waals surface area contributed by atoms with Crippen molar-refractivity contribution in [2.24, 2.45) is 5.73 Å². The summed E-state index contributed by atoms with van der Waals surface area (Å²) in [6.45, 7) is 0. The molecule has 0 fully saturated rings. The van der Waals surface area contributed by atoms with Gasteiger partial charge < -0.3 is 16.3 Å². The number of Topliss-reactive ketones (excluding diaryl/α,β-unsaturated/α-hetero) is 1. The second-order valence-corrected chi connectivity index (χ2v) is 3.01. The minimum Gasteiger partial charge on any atom is -0.398 e. The van der Waals surface area contributed by atoms with Gasteiger partial charge in [0.15, 0.2) is 5.78 Å². The monoisotopic (exact) mass is 192 g/mol. The van der Waals surface area contributed by atoms with E-state index in [0.29, 0.717) is 17.5 Å². The number of hydrogen-bond acceptors (Lipinski definition) is 4. The average molecular weight is 192 g/mol. The Labute approximate surface area is 81.9 Å². The van der Waals surface area contributed by atoms with E-state index in [-0.39, 0.29) is 12.2 Å². The van der Waals surface area contributed by atoms with E-state index in [0.717, 1.165) is 0 Å². The van der Waals surface area contributed by atoms with E-state index < -0.39 is 6.04 Å². The second-order valence-electron chi connectivity index (χ2n) is 3.01. The number of aldehydes is 1. The Hall–Kier alpha value is -1.68. The Morgan fingerprint density at radius 1 is 1.43 bits per heavy atom. The number of rotatable bonds is 4. The summed E-state index contributed by atoms with van der Waals surface area (Å²) in [6.07, 6.45) is 0.550. The van der Waals surface area contributed by atoms with Crippen molar-refractivity contribution in [1.29, 1.82) is 0 Å². The summed E-state index contributed by atoms with van der Waals surface area (Å²) in [5.41, 5.74) is 11.8. The third-order valence-electron chi connectivity index (χ3n) is 1.86. The number of hydrogen-bond donors (Lipinski definition) is 2. The van der Waals surface area contributed by atoms with Crippen molar-refractivity contribution >= 4 is 17.8 Å². The van der Waals surface area contributed by atoms with Gasteiger partial charge in [0, 0.05) is 17.7 Å². The van der Waals surface area contributed by atoms with Crippen LogP contribution < -0.4 is 11.5 Å². The maximum atomic E-state index is 11.5. The first-order chi connectivity index (χ1) is 6.65. The van der Waals surface area contributed by atoms with E-state index in [1.165, 1.54) is 0 Å². The van der Waals surface area contributed by atoms with Crippen LogP contribution in [0.2, 0.25) is 0 Å². The lowest BCUT2D eigenvalue weighted by Gasteiger charge is -2.05. The molecule has 4 nitrogen and oxygen atoms in total. The zero-order valence-electron chi connectivity index (χ0n) is 7.64. The molecule has 0 aliphatic heterocycles. The Balaban J connectivity index is 2.80. The summed E-state index contributed by atoms with van der Waals surface area (Å²) in [7, 11) is 0. The van der Waals surface area contributed by atoms with Crippen molar-refractivity contribution in [2.75, 3.05) is 5.73 Å². The van der Waals surface area contributed by atoms with Crippen LogP contribution in [0.5, 0.6) is 0 Å². The molecule has 0 unspecified atom stereocenters. The first-order valence-electron chi connectivity index (χ1n) is 4.23. The fourth-order valence-electron chi connectivity index (χ4n) is 1.12. The third kappa shape index (κ3) is 2.40. The van der Waals surface area contributed by atoms with Crippen molar-refractivity contribution in [3.63, 3.8) is 0 Å². The highest BCUT2D eigenvalue weighted by molar-refractivity contribution is 6.01. The van der Waals surface area contributed by atoms with Gasteiger partial charge in [0.2, 0.25) is 0 Å². The molecular formula is C10H12N2O2. The molecule has 0 heterocycles. The Bertz CT molecular complexity index is 350. The van der Waals surface area contributed by atoms with Crippen molar-refractivity contribution in [3.05, 3.63) is 29.8 Å². The smallest absolute Gasteiger partial charge is 0.166 e. The molecular weight excluding hydrogens is 180 g/mol. The normalized spacial score (nSPS) is 12.1. The van der Waals surface area contributed by atoms with Crippen molar-refractivity contribution in [3.8, 4) is 0 Å². The third-order valence-corrected chi connectivity index (χ3v) is 1.86. The van der Waals surface area contributed by atoms with Gasteiger partial charge in [-0.15, -0.1) is 0 Å². The molecule has 1 aromatic rings. The van der Waals surface area contributed by atoms with Crippen LogP contribution in [0.1, 0.15) is 16.8 Å². The summed E-state index contributed by atoms with van der Waals surface area (Å²) < 4.78 is 0. The number of ketones is 1. The highest BCUT2D eigenvalue weighted by Gasteiger charge is 2.12. The average Bonchev–Trinajstić information content (AvgIpc) is 2.18. The topological polar surface area (TPSA) is 86.2 Å². The van der Waals surface area contributed by atoms with Crippen molar-refractivity contribution in [1.82, 2.24) is 0 Å². The van der Waals surface area contributed by atoms with Crippen LogP contribution in [-0.2, 0) is 4.79 Å². The molecule has 0 amide bonds. The zero-order chi connectivity index (χ0) is 10.6. The van der Waals surface area contributed by atoms with Gasteiger partial charge in [-0.2, -0.15) is 0 Å². The zero-order valence-corrected chi connectivity index (χ0v) is 7.64. The largest absolute Gasteiger partial charge is 0.398 e. The second kappa shape index (κ2) is 4.53. The number of carbonyl (C=O) groups is 2. The molecule has 0 aliphatic rings. The van der Waals surface area contributed by atoms with E-state index in [1.807, 2.05) is 0 Å². The van der Waals surface area contributed by atoms with Crippen LogP contribution in [-0.4, -0.2) is 18.1 Å². The van der Waals surface area contributed by atoms with E-state index >= 15 is 0 Å². The summed E-state index contributed by atoms with van der Waals surface area (Å²) in [5, 5.41) is 0. The molecule has 1 atom stereocenters. The minimum atomic E-state index is -0.748. The first-order valence-corrected chi connectivity index (χ1v) is 4.23. The van der Waals surface area contributed by atoms with Gasteiger partial charge in [0.25, 0.3) is 0 Å². The molecule has 0 aromatic heterocycles. The molecule has 0 saturated carbocycles. The number of benzene rings is 1. The van der Waals surface area contributed by atoms with Crippen LogP contribution in [0.25, 0.3) is 0 Å². The highest BCUT2D eigenvalue weighted by Crippen LogP contribution is 2.13. The summed E-state index contributed by atoms with van der Waals surface area (Å²) in [6, 6.07) is 5.97. The summed E-state index contributed by atoms with van der Waals surface area (Å²) in [4.78, 5) is 21.8. The van der Waals surface area contributed by atoms with Gasteiger partial charge in [0.05, 0.1) is 6.04 Å². The van der Waals surface area contributed by atoms with E-state index in [1.54, 1.807) is 24.3 Å².